The van der Waals surface area contributed by atoms with Crippen LogP contribution < -0.4 is 5.32 Å². The standard InChI is InChI=1S/C20H28N4S2.HI/c1-15(2)19-23-17(14-26-19)11-22-20(21-3)24-10-9-16(12-24)13-25-18-7-5-4-6-8-18;/h4-8,14-16H,9-13H2,1-3H3,(H,21,22);1H. The summed E-state index contributed by atoms with van der Waals surface area (Å²) in [6, 6.07) is 10.7. The molecule has 1 atom stereocenters. The summed E-state index contributed by atoms with van der Waals surface area (Å²) in [6.07, 6.45) is 1.23. The van der Waals surface area contributed by atoms with Gasteiger partial charge in [-0.3, -0.25) is 4.99 Å². The molecule has 1 saturated heterocycles. The molecule has 1 aliphatic rings. The average molecular weight is 517 g/mol. The Morgan fingerprint density at radius 2 is 2.15 bits per heavy atom. The highest BCUT2D eigenvalue weighted by Gasteiger charge is 2.25. The molecule has 0 amide bonds. The van der Waals surface area contributed by atoms with Crippen LogP contribution in [0.1, 0.15) is 36.9 Å². The van der Waals surface area contributed by atoms with Crippen LogP contribution in [0.5, 0.6) is 0 Å². The first kappa shape index (κ1) is 22.5. The van der Waals surface area contributed by atoms with Gasteiger partial charge in [-0.15, -0.1) is 47.1 Å². The quantitative estimate of drug-likeness (QED) is 0.252. The molecule has 1 aliphatic heterocycles. The van der Waals surface area contributed by atoms with E-state index in [9.17, 15) is 0 Å². The van der Waals surface area contributed by atoms with Crippen molar-refractivity contribution in [2.24, 2.45) is 10.9 Å². The number of nitrogens with zero attached hydrogens (tertiary/aromatic N) is 3. The summed E-state index contributed by atoms with van der Waals surface area (Å²) in [4.78, 5) is 12.9. The predicted molar refractivity (Wildman–Crippen MR) is 129 cm³/mol. The molecule has 7 heteroatoms. The van der Waals surface area contributed by atoms with Crippen LogP contribution in [0.15, 0.2) is 45.6 Å². The Balaban J connectivity index is 0.00000261. The van der Waals surface area contributed by atoms with Gasteiger partial charge in [-0.25, -0.2) is 4.98 Å². The topological polar surface area (TPSA) is 40.5 Å². The molecule has 1 N–H and O–H groups in total. The second-order valence-corrected chi connectivity index (χ2v) is 8.94. The van der Waals surface area contributed by atoms with E-state index in [4.69, 9.17) is 4.98 Å². The molecule has 2 aromatic rings. The van der Waals surface area contributed by atoms with Gasteiger partial charge >= 0.3 is 0 Å². The van der Waals surface area contributed by atoms with E-state index in [0.29, 0.717) is 11.8 Å². The lowest BCUT2D eigenvalue weighted by molar-refractivity contribution is 0.474. The van der Waals surface area contributed by atoms with Crippen LogP contribution in [0, 0.1) is 5.92 Å². The van der Waals surface area contributed by atoms with E-state index >= 15 is 0 Å². The fourth-order valence-corrected chi connectivity index (χ4v) is 4.95. The van der Waals surface area contributed by atoms with Crippen molar-refractivity contribution in [2.45, 2.75) is 37.6 Å². The number of rotatable bonds is 6. The van der Waals surface area contributed by atoms with Crippen molar-refractivity contribution < 1.29 is 0 Å². The molecule has 148 valence electrons. The van der Waals surface area contributed by atoms with Gasteiger partial charge in [0.15, 0.2) is 5.96 Å². The molecule has 1 aromatic heterocycles. The molecule has 0 bridgehead atoms. The first-order valence-corrected chi connectivity index (χ1v) is 11.1. The lowest BCUT2D eigenvalue weighted by atomic mass is 10.2. The minimum atomic E-state index is 0. The van der Waals surface area contributed by atoms with Crippen LogP contribution >= 0.6 is 47.1 Å². The maximum Gasteiger partial charge on any atom is 0.193 e. The highest BCUT2D eigenvalue weighted by atomic mass is 127. The highest BCUT2D eigenvalue weighted by molar-refractivity contribution is 14.0. The second-order valence-electron chi connectivity index (χ2n) is 6.96. The van der Waals surface area contributed by atoms with E-state index in [-0.39, 0.29) is 24.0 Å². The van der Waals surface area contributed by atoms with Crippen LogP contribution in [0.4, 0.5) is 0 Å². The summed E-state index contributed by atoms with van der Waals surface area (Å²) in [6.45, 7) is 7.28. The maximum absolute atomic E-state index is 4.70. The SMILES string of the molecule is CN=C(NCc1csc(C(C)C)n1)N1CCC(CSc2ccccc2)C1.I. The number of benzene rings is 1. The Morgan fingerprint density at radius 3 is 2.81 bits per heavy atom. The Kier molecular flexibility index (Phi) is 9.38. The fraction of sp³-hybridized carbons (Fsp3) is 0.500. The number of halogens is 1. The molecule has 1 unspecified atom stereocenters. The van der Waals surface area contributed by atoms with Gasteiger partial charge in [-0.2, -0.15) is 0 Å². The van der Waals surface area contributed by atoms with Crippen molar-refractivity contribution in [3.05, 3.63) is 46.4 Å². The molecule has 0 aliphatic carbocycles. The zero-order valence-electron chi connectivity index (χ0n) is 16.2. The molecule has 0 saturated carbocycles. The molecule has 1 aromatic carbocycles. The van der Waals surface area contributed by atoms with Crippen molar-refractivity contribution in [1.82, 2.24) is 15.2 Å². The van der Waals surface area contributed by atoms with E-state index in [1.807, 2.05) is 18.8 Å². The van der Waals surface area contributed by atoms with Crippen LogP contribution in [0.2, 0.25) is 0 Å². The smallest absolute Gasteiger partial charge is 0.193 e. The molecule has 27 heavy (non-hydrogen) atoms. The average Bonchev–Trinajstić information content (AvgIpc) is 3.31. The minimum Gasteiger partial charge on any atom is -0.351 e. The number of thiazole rings is 1. The molecule has 3 rings (SSSR count). The number of hydrogen-bond donors (Lipinski definition) is 1. The van der Waals surface area contributed by atoms with Gasteiger partial charge in [0, 0.05) is 42.1 Å². The van der Waals surface area contributed by atoms with Gasteiger partial charge in [-0.1, -0.05) is 32.0 Å². The Labute approximate surface area is 188 Å². The Morgan fingerprint density at radius 1 is 1.37 bits per heavy atom. The van der Waals surface area contributed by atoms with Gasteiger partial charge in [0.25, 0.3) is 0 Å². The van der Waals surface area contributed by atoms with Crippen LogP contribution in [-0.2, 0) is 6.54 Å². The summed E-state index contributed by atoms with van der Waals surface area (Å²) in [7, 11) is 1.87. The largest absolute Gasteiger partial charge is 0.351 e. The number of thioether (sulfide) groups is 1. The third-order valence-corrected chi connectivity index (χ3v) is 6.95. The van der Waals surface area contributed by atoms with Crippen molar-refractivity contribution in [2.75, 3.05) is 25.9 Å². The third-order valence-electron chi connectivity index (χ3n) is 4.52. The molecular formula is C20H29IN4S2. The summed E-state index contributed by atoms with van der Waals surface area (Å²) >= 11 is 3.71. The number of likely N-dealkylation sites (tertiary alicyclic amines) is 1. The lowest BCUT2D eigenvalue weighted by Gasteiger charge is -2.21. The van der Waals surface area contributed by atoms with Gasteiger partial charge in [0.2, 0.25) is 0 Å². The van der Waals surface area contributed by atoms with Crippen molar-refractivity contribution in [3.8, 4) is 0 Å². The predicted octanol–water partition coefficient (Wildman–Crippen LogP) is 5.07. The maximum atomic E-state index is 4.70. The number of guanidine groups is 1. The summed E-state index contributed by atoms with van der Waals surface area (Å²) < 4.78 is 0. The van der Waals surface area contributed by atoms with E-state index in [1.54, 1.807) is 11.3 Å². The minimum absolute atomic E-state index is 0. The van der Waals surface area contributed by atoms with Crippen LogP contribution in [0.3, 0.4) is 0 Å². The fourth-order valence-electron chi connectivity index (χ4n) is 3.06. The van der Waals surface area contributed by atoms with Gasteiger partial charge in [0.1, 0.15) is 0 Å². The number of hydrogen-bond acceptors (Lipinski definition) is 4. The number of aromatic nitrogens is 1. The summed E-state index contributed by atoms with van der Waals surface area (Å²) in [5.41, 5.74) is 1.11. The van der Waals surface area contributed by atoms with E-state index in [2.05, 4.69) is 64.8 Å². The zero-order chi connectivity index (χ0) is 18.4. The van der Waals surface area contributed by atoms with Crippen molar-refractivity contribution in [1.29, 1.82) is 0 Å². The first-order chi connectivity index (χ1) is 12.7. The van der Waals surface area contributed by atoms with Crippen LogP contribution in [-0.4, -0.2) is 41.7 Å². The Hall–Kier alpha value is -0.800. The van der Waals surface area contributed by atoms with Gasteiger partial charge in [-0.05, 0) is 24.5 Å². The Bertz CT molecular complexity index is 718. The lowest BCUT2D eigenvalue weighted by Crippen LogP contribution is -2.39. The second kappa shape index (κ2) is 11.3. The summed E-state index contributed by atoms with van der Waals surface area (Å²) in [5.74, 6) is 3.37. The van der Waals surface area contributed by atoms with Crippen molar-refractivity contribution >= 4 is 53.0 Å². The first-order valence-electron chi connectivity index (χ1n) is 9.23. The third kappa shape index (κ3) is 6.64. The highest BCUT2D eigenvalue weighted by Crippen LogP contribution is 2.26. The number of aliphatic imine (C=N–C) groups is 1. The van der Waals surface area contributed by atoms with E-state index in [1.165, 1.54) is 22.1 Å². The van der Waals surface area contributed by atoms with Crippen LogP contribution in [0.25, 0.3) is 0 Å². The molecule has 0 radical (unpaired) electrons. The normalized spacial score (nSPS) is 17.3. The molecule has 2 heterocycles. The number of nitrogens with one attached hydrogen (secondary N) is 1. The van der Waals surface area contributed by atoms with E-state index < -0.39 is 0 Å². The van der Waals surface area contributed by atoms with Gasteiger partial charge < -0.3 is 10.2 Å². The van der Waals surface area contributed by atoms with Crippen molar-refractivity contribution in [3.63, 3.8) is 0 Å². The zero-order valence-corrected chi connectivity index (χ0v) is 20.2. The molecule has 4 nitrogen and oxygen atoms in total. The molecular weight excluding hydrogens is 487 g/mol. The monoisotopic (exact) mass is 516 g/mol. The molecule has 0 spiro atoms. The molecule has 1 fully saturated rings. The van der Waals surface area contributed by atoms with E-state index in [0.717, 1.165) is 31.3 Å². The summed E-state index contributed by atoms with van der Waals surface area (Å²) in [5, 5.41) is 6.84. The van der Waals surface area contributed by atoms with Gasteiger partial charge in [0.05, 0.1) is 17.2 Å².